The number of nitrogens with zero attached hydrogens (tertiary/aromatic N) is 3. The Bertz CT molecular complexity index is 514. The molecule has 2 aromatic rings. The molecule has 3 nitrogen and oxygen atoms in total. The Morgan fingerprint density at radius 3 is 2.56 bits per heavy atom. The fourth-order valence-corrected chi connectivity index (χ4v) is 2.24. The third-order valence-electron chi connectivity index (χ3n) is 2.79. The number of rotatable bonds is 4. The van der Waals surface area contributed by atoms with E-state index in [1.165, 1.54) is 16.7 Å². The molecule has 0 N–H and O–H groups in total. The number of alkyl halides is 1. The number of halogens is 1. The van der Waals surface area contributed by atoms with Crippen molar-refractivity contribution < 1.29 is 0 Å². The fraction of sp³-hybridized carbons (Fsp3) is 0.286. The van der Waals surface area contributed by atoms with Gasteiger partial charge in [0.05, 0.1) is 0 Å². The molecule has 18 heavy (non-hydrogen) atoms. The number of aromatic nitrogens is 2. The lowest BCUT2D eigenvalue weighted by molar-refractivity contribution is 0.886. The molecule has 2 heterocycles. The van der Waals surface area contributed by atoms with Crippen LogP contribution in [0.15, 0.2) is 36.8 Å². The Balaban J connectivity index is 2.16. The molecule has 0 bridgehead atoms. The first kappa shape index (κ1) is 13.0. The first-order chi connectivity index (χ1) is 8.70. The summed E-state index contributed by atoms with van der Waals surface area (Å²) in [7, 11) is 2.06. The highest BCUT2D eigenvalue weighted by Crippen LogP contribution is 2.19. The maximum absolute atomic E-state index is 4.53. The van der Waals surface area contributed by atoms with Crippen molar-refractivity contribution in [2.45, 2.75) is 18.8 Å². The monoisotopic (exact) mass is 305 g/mol. The Labute approximate surface area is 116 Å². The molecule has 0 fully saturated rings. The number of hydrogen-bond donors (Lipinski definition) is 0. The van der Waals surface area contributed by atoms with Gasteiger partial charge in [-0.3, -0.25) is 4.98 Å². The zero-order chi connectivity index (χ0) is 13.0. The molecule has 0 saturated carbocycles. The van der Waals surface area contributed by atoms with Crippen LogP contribution in [0.25, 0.3) is 0 Å². The second-order valence-electron chi connectivity index (χ2n) is 4.33. The van der Waals surface area contributed by atoms with Crippen LogP contribution >= 0.6 is 15.9 Å². The largest absolute Gasteiger partial charge is 0.355 e. The van der Waals surface area contributed by atoms with E-state index >= 15 is 0 Å². The second kappa shape index (κ2) is 5.96. The average molecular weight is 306 g/mol. The van der Waals surface area contributed by atoms with Crippen LogP contribution in [0.3, 0.4) is 0 Å². The van der Waals surface area contributed by atoms with Gasteiger partial charge < -0.3 is 4.90 Å². The van der Waals surface area contributed by atoms with Gasteiger partial charge >= 0.3 is 0 Å². The maximum atomic E-state index is 4.53. The highest BCUT2D eigenvalue weighted by Gasteiger charge is 2.07. The summed E-state index contributed by atoms with van der Waals surface area (Å²) in [6, 6.07) is 6.22. The molecule has 2 aromatic heterocycles. The number of pyridine rings is 2. The summed E-state index contributed by atoms with van der Waals surface area (Å²) in [4.78, 5) is 10.7. The summed E-state index contributed by atoms with van der Waals surface area (Å²) in [6.45, 7) is 2.93. The molecule has 4 heteroatoms. The minimum atomic E-state index is 0.837. The van der Waals surface area contributed by atoms with Gasteiger partial charge in [-0.1, -0.05) is 22.0 Å². The molecular weight excluding hydrogens is 290 g/mol. The zero-order valence-electron chi connectivity index (χ0n) is 10.6. The number of aryl methyl sites for hydroxylation is 1. The van der Waals surface area contributed by atoms with Crippen LogP contribution < -0.4 is 4.90 Å². The first-order valence-electron chi connectivity index (χ1n) is 5.82. The highest BCUT2D eigenvalue weighted by molar-refractivity contribution is 9.08. The highest BCUT2D eigenvalue weighted by atomic mass is 79.9. The average Bonchev–Trinajstić information content (AvgIpc) is 2.39. The van der Waals surface area contributed by atoms with Gasteiger partial charge in [0.15, 0.2) is 0 Å². The van der Waals surface area contributed by atoms with Gasteiger partial charge in [0.25, 0.3) is 0 Å². The van der Waals surface area contributed by atoms with E-state index in [1.54, 1.807) is 0 Å². The molecule has 0 unspecified atom stereocenters. The van der Waals surface area contributed by atoms with E-state index in [0.29, 0.717) is 0 Å². The lowest BCUT2D eigenvalue weighted by Crippen LogP contribution is -2.18. The molecule has 0 saturated heterocycles. The predicted molar refractivity (Wildman–Crippen MR) is 77.9 cm³/mol. The molecule has 0 aromatic carbocycles. The van der Waals surface area contributed by atoms with Crippen LogP contribution in [0.4, 0.5) is 5.82 Å². The van der Waals surface area contributed by atoms with Crippen LogP contribution in [0.5, 0.6) is 0 Å². The molecule has 0 aliphatic rings. The van der Waals surface area contributed by atoms with Gasteiger partial charge in [-0.25, -0.2) is 4.98 Å². The molecular formula is C14H16BrN3. The van der Waals surface area contributed by atoms with Crippen molar-refractivity contribution in [3.63, 3.8) is 0 Å². The van der Waals surface area contributed by atoms with E-state index in [4.69, 9.17) is 0 Å². The van der Waals surface area contributed by atoms with Crippen molar-refractivity contribution >= 4 is 21.7 Å². The normalized spacial score (nSPS) is 10.4. The zero-order valence-corrected chi connectivity index (χ0v) is 12.2. The van der Waals surface area contributed by atoms with Gasteiger partial charge in [-0.15, -0.1) is 0 Å². The number of hydrogen-bond acceptors (Lipinski definition) is 3. The Morgan fingerprint density at radius 1 is 1.22 bits per heavy atom. The minimum Gasteiger partial charge on any atom is -0.355 e. The van der Waals surface area contributed by atoms with Crippen LogP contribution in [0, 0.1) is 6.92 Å². The van der Waals surface area contributed by atoms with Crippen molar-refractivity contribution in [3.05, 3.63) is 53.5 Å². The molecule has 94 valence electrons. The van der Waals surface area contributed by atoms with Gasteiger partial charge in [-0.2, -0.15) is 0 Å². The van der Waals surface area contributed by atoms with Crippen molar-refractivity contribution in [1.29, 1.82) is 0 Å². The van der Waals surface area contributed by atoms with Crippen molar-refractivity contribution in [2.24, 2.45) is 0 Å². The first-order valence-corrected chi connectivity index (χ1v) is 6.94. The smallest absolute Gasteiger partial charge is 0.131 e. The Morgan fingerprint density at radius 2 is 1.94 bits per heavy atom. The van der Waals surface area contributed by atoms with Crippen molar-refractivity contribution in [3.8, 4) is 0 Å². The van der Waals surface area contributed by atoms with Crippen LogP contribution in [-0.2, 0) is 11.9 Å². The third kappa shape index (κ3) is 3.07. The molecule has 2 rings (SSSR count). The lowest BCUT2D eigenvalue weighted by Gasteiger charge is -2.20. The standard InChI is InChI=1S/C14H16BrN3/c1-11-7-13(8-15)9-17-14(11)18(2)10-12-3-5-16-6-4-12/h3-7,9H,8,10H2,1-2H3. The maximum Gasteiger partial charge on any atom is 0.131 e. The molecule has 0 atom stereocenters. The lowest BCUT2D eigenvalue weighted by atomic mass is 10.2. The quantitative estimate of drug-likeness (QED) is 0.812. The van der Waals surface area contributed by atoms with Crippen LogP contribution in [0.1, 0.15) is 16.7 Å². The van der Waals surface area contributed by atoms with Gasteiger partial charge in [0, 0.05) is 37.5 Å². The molecule has 0 spiro atoms. The summed E-state index contributed by atoms with van der Waals surface area (Å²) in [5, 5.41) is 0.842. The molecule has 0 amide bonds. The SMILES string of the molecule is Cc1cc(CBr)cnc1N(C)Cc1ccncc1. The van der Waals surface area contributed by atoms with Crippen molar-refractivity contribution in [1.82, 2.24) is 9.97 Å². The summed E-state index contributed by atoms with van der Waals surface area (Å²) in [6.07, 6.45) is 5.55. The van der Waals surface area contributed by atoms with E-state index in [-0.39, 0.29) is 0 Å². The summed E-state index contributed by atoms with van der Waals surface area (Å²) < 4.78 is 0. The molecule has 0 aliphatic heterocycles. The predicted octanol–water partition coefficient (Wildman–Crippen LogP) is 3.32. The van der Waals surface area contributed by atoms with E-state index in [0.717, 1.165) is 17.7 Å². The molecule has 0 radical (unpaired) electrons. The summed E-state index contributed by atoms with van der Waals surface area (Å²) in [5.41, 5.74) is 3.63. The van der Waals surface area contributed by atoms with E-state index < -0.39 is 0 Å². The van der Waals surface area contributed by atoms with Gasteiger partial charge in [0.1, 0.15) is 5.82 Å². The van der Waals surface area contributed by atoms with Crippen molar-refractivity contribution in [2.75, 3.05) is 11.9 Å². The summed E-state index contributed by atoms with van der Waals surface area (Å²) >= 11 is 3.45. The second-order valence-corrected chi connectivity index (χ2v) is 4.89. The van der Waals surface area contributed by atoms with Crippen LogP contribution in [0.2, 0.25) is 0 Å². The third-order valence-corrected chi connectivity index (χ3v) is 3.44. The fourth-order valence-electron chi connectivity index (χ4n) is 1.94. The van der Waals surface area contributed by atoms with Gasteiger partial charge in [0.2, 0.25) is 0 Å². The minimum absolute atomic E-state index is 0.837. The Hall–Kier alpha value is -1.42. The number of anilines is 1. The molecule has 0 aliphatic carbocycles. The van der Waals surface area contributed by atoms with Gasteiger partial charge in [-0.05, 0) is 35.7 Å². The summed E-state index contributed by atoms with van der Waals surface area (Å²) in [5.74, 6) is 1.02. The Kier molecular flexibility index (Phi) is 4.31. The van der Waals surface area contributed by atoms with E-state index in [2.05, 4.69) is 50.8 Å². The van der Waals surface area contributed by atoms with E-state index in [1.807, 2.05) is 30.7 Å². The van der Waals surface area contributed by atoms with Crippen LogP contribution in [-0.4, -0.2) is 17.0 Å². The van der Waals surface area contributed by atoms with E-state index in [9.17, 15) is 0 Å². The topological polar surface area (TPSA) is 29.0 Å².